The number of rotatable bonds is 2. The van der Waals surface area contributed by atoms with E-state index in [4.69, 9.17) is 10.5 Å². The summed E-state index contributed by atoms with van der Waals surface area (Å²) >= 11 is 0. The summed E-state index contributed by atoms with van der Waals surface area (Å²) in [6.45, 7) is 0. The molecule has 0 amide bonds. The van der Waals surface area contributed by atoms with E-state index in [1.165, 1.54) is 0 Å². The number of aliphatic hydroxyl groups excluding tert-OH is 1. The lowest BCUT2D eigenvalue weighted by Gasteiger charge is -2.41. The number of nitrogens with two attached hydrogens (primary N) is 1. The molecule has 0 unspecified atom stereocenters. The zero-order valence-electron chi connectivity index (χ0n) is 8.10. The molecule has 1 aromatic heterocycles. The van der Waals surface area contributed by atoms with Gasteiger partial charge in [0.15, 0.2) is 0 Å². The zero-order valence-corrected chi connectivity index (χ0v) is 8.10. The molecule has 1 aromatic rings. The number of hydrogen-bond acceptors (Lipinski definition) is 4. The summed E-state index contributed by atoms with van der Waals surface area (Å²) in [5.41, 5.74) is 6.32. The lowest BCUT2D eigenvalue weighted by molar-refractivity contribution is 0.0176. The van der Waals surface area contributed by atoms with Crippen LogP contribution in [0.25, 0.3) is 0 Å². The van der Waals surface area contributed by atoms with Crippen molar-refractivity contribution >= 4 is 0 Å². The second-order valence-electron chi connectivity index (χ2n) is 3.77. The van der Waals surface area contributed by atoms with Crippen LogP contribution in [0.4, 0.5) is 0 Å². The number of aliphatic hydroxyl groups is 1. The molecule has 0 saturated heterocycles. The summed E-state index contributed by atoms with van der Waals surface area (Å²) < 4.78 is 5.18. The van der Waals surface area contributed by atoms with Crippen LogP contribution in [0.15, 0.2) is 18.3 Å². The molecule has 1 fully saturated rings. The minimum atomic E-state index is -0.508. The molecule has 1 aliphatic rings. The Morgan fingerprint density at radius 1 is 1.64 bits per heavy atom. The van der Waals surface area contributed by atoms with Crippen molar-refractivity contribution in [3.63, 3.8) is 0 Å². The van der Waals surface area contributed by atoms with Gasteiger partial charge in [0.25, 0.3) is 0 Å². The Bertz CT molecular complexity index is 335. The highest BCUT2D eigenvalue weighted by Gasteiger charge is 2.44. The van der Waals surface area contributed by atoms with E-state index in [1.54, 1.807) is 19.4 Å². The van der Waals surface area contributed by atoms with Gasteiger partial charge in [0.05, 0.1) is 18.8 Å². The van der Waals surface area contributed by atoms with Gasteiger partial charge in [-0.25, -0.2) is 0 Å². The maximum atomic E-state index is 9.26. The van der Waals surface area contributed by atoms with Crippen molar-refractivity contribution in [3.8, 4) is 5.75 Å². The predicted octanol–water partition coefficient (Wildman–Crippen LogP) is 0.399. The smallest absolute Gasteiger partial charge is 0.142 e. The van der Waals surface area contributed by atoms with Gasteiger partial charge in [0, 0.05) is 6.20 Å². The molecular weight excluding hydrogens is 180 g/mol. The molecule has 0 atom stereocenters. The Morgan fingerprint density at radius 3 is 2.93 bits per heavy atom. The minimum absolute atomic E-state index is 0.299. The van der Waals surface area contributed by atoms with Crippen LogP contribution in [-0.2, 0) is 5.54 Å². The summed E-state index contributed by atoms with van der Waals surface area (Å²) in [6, 6.07) is 3.64. The van der Waals surface area contributed by atoms with Crippen LogP contribution in [0.5, 0.6) is 5.75 Å². The van der Waals surface area contributed by atoms with Gasteiger partial charge in [-0.2, -0.15) is 0 Å². The van der Waals surface area contributed by atoms with E-state index >= 15 is 0 Å². The Morgan fingerprint density at radius 2 is 2.36 bits per heavy atom. The van der Waals surface area contributed by atoms with Crippen molar-refractivity contribution < 1.29 is 9.84 Å². The largest absolute Gasteiger partial charge is 0.495 e. The summed E-state index contributed by atoms with van der Waals surface area (Å²) in [7, 11) is 1.60. The molecule has 14 heavy (non-hydrogen) atoms. The van der Waals surface area contributed by atoms with Crippen molar-refractivity contribution in [3.05, 3.63) is 24.0 Å². The van der Waals surface area contributed by atoms with Crippen molar-refractivity contribution in [1.82, 2.24) is 4.98 Å². The Hall–Kier alpha value is -1.13. The minimum Gasteiger partial charge on any atom is -0.495 e. The molecular formula is C10H14N2O2. The number of hydrogen-bond donors (Lipinski definition) is 2. The van der Waals surface area contributed by atoms with Crippen LogP contribution in [-0.4, -0.2) is 23.3 Å². The molecule has 0 radical (unpaired) electrons. The first kappa shape index (κ1) is 9.43. The fourth-order valence-corrected chi connectivity index (χ4v) is 1.90. The van der Waals surface area contributed by atoms with E-state index in [1.807, 2.05) is 6.07 Å². The molecule has 1 heterocycles. The van der Waals surface area contributed by atoms with Gasteiger partial charge >= 0.3 is 0 Å². The summed E-state index contributed by atoms with van der Waals surface area (Å²) in [5, 5.41) is 9.26. The maximum absolute atomic E-state index is 9.26. The van der Waals surface area contributed by atoms with Crippen molar-refractivity contribution in [1.29, 1.82) is 0 Å². The van der Waals surface area contributed by atoms with Crippen LogP contribution in [0.3, 0.4) is 0 Å². The van der Waals surface area contributed by atoms with E-state index in [9.17, 15) is 5.11 Å². The summed E-state index contributed by atoms with van der Waals surface area (Å²) in [5.74, 6) is 0.696. The van der Waals surface area contributed by atoms with Crippen LogP contribution >= 0.6 is 0 Å². The SMILES string of the molecule is COc1cccnc1C1(N)CC(O)C1. The Labute approximate surface area is 82.7 Å². The molecule has 0 spiro atoms. The van der Waals surface area contributed by atoms with Crippen molar-refractivity contribution in [2.24, 2.45) is 5.73 Å². The highest BCUT2D eigenvalue weighted by molar-refractivity contribution is 5.35. The second kappa shape index (κ2) is 3.22. The third-order valence-electron chi connectivity index (χ3n) is 2.66. The number of nitrogens with zero attached hydrogens (tertiary/aromatic N) is 1. The maximum Gasteiger partial charge on any atom is 0.142 e. The third kappa shape index (κ3) is 1.36. The third-order valence-corrected chi connectivity index (χ3v) is 2.66. The van der Waals surface area contributed by atoms with E-state index in [2.05, 4.69) is 4.98 Å². The zero-order chi connectivity index (χ0) is 10.2. The Kier molecular flexibility index (Phi) is 2.17. The highest BCUT2D eigenvalue weighted by atomic mass is 16.5. The summed E-state index contributed by atoms with van der Waals surface area (Å²) in [4.78, 5) is 4.22. The quantitative estimate of drug-likeness (QED) is 0.715. The molecule has 0 aliphatic heterocycles. The van der Waals surface area contributed by atoms with Crippen LogP contribution in [0.2, 0.25) is 0 Å². The molecule has 1 saturated carbocycles. The van der Waals surface area contributed by atoms with Crippen LogP contribution < -0.4 is 10.5 Å². The van der Waals surface area contributed by atoms with Gasteiger partial charge in [-0.15, -0.1) is 0 Å². The number of ether oxygens (including phenoxy) is 1. The predicted molar refractivity (Wildman–Crippen MR) is 51.9 cm³/mol. The fourth-order valence-electron chi connectivity index (χ4n) is 1.90. The van der Waals surface area contributed by atoms with Crippen molar-refractivity contribution in [2.75, 3.05) is 7.11 Å². The number of methoxy groups -OCH3 is 1. The number of aromatic nitrogens is 1. The number of pyridine rings is 1. The van der Waals surface area contributed by atoms with E-state index < -0.39 is 5.54 Å². The lowest BCUT2D eigenvalue weighted by Crippen LogP contribution is -2.52. The topological polar surface area (TPSA) is 68.4 Å². The normalized spacial score (nSPS) is 30.9. The van der Waals surface area contributed by atoms with Gasteiger partial charge in [0.2, 0.25) is 0 Å². The molecule has 0 bridgehead atoms. The van der Waals surface area contributed by atoms with Crippen LogP contribution in [0, 0.1) is 0 Å². The van der Waals surface area contributed by atoms with Gasteiger partial charge in [0.1, 0.15) is 11.4 Å². The average molecular weight is 194 g/mol. The molecule has 4 heteroatoms. The first-order chi connectivity index (χ1) is 6.65. The van der Waals surface area contributed by atoms with Gasteiger partial charge in [-0.1, -0.05) is 0 Å². The van der Waals surface area contributed by atoms with Gasteiger partial charge in [-0.3, -0.25) is 4.98 Å². The van der Waals surface area contributed by atoms with Crippen molar-refractivity contribution in [2.45, 2.75) is 24.5 Å². The Balaban J connectivity index is 2.32. The first-order valence-electron chi connectivity index (χ1n) is 4.62. The lowest BCUT2D eigenvalue weighted by atomic mass is 9.72. The fraction of sp³-hybridized carbons (Fsp3) is 0.500. The first-order valence-corrected chi connectivity index (χ1v) is 4.62. The molecule has 1 aliphatic carbocycles. The second-order valence-corrected chi connectivity index (χ2v) is 3.77. The molecule has 3 N–H and O–H groups in total. The van der Waals surface area contributed by atoms with Crippen LogP contribution in [0.1, 0.15) is 18.5 Å². The standard InChI is InChI=1S/C10H14N2O2/c1-14-8-3-2-4-12-9(8)10(11)5-7(13)6-10/h2-4,7,13H,5-6,11H2,1H3. The highest BCUT2D eigenvalue weighted by Crippen LogP contribution is 2.41. The molecule has 2 rings (SSSR count). The monoisotopic (exact) mass is 194 g/mol. The van der Waals surface area contributed by atoms with E-state index in [-0.39, 0.29) is 6.10 Å². The average Bonchev–Trinajstić information content (AvgIpc) is 2.15. The van der Waals surface area contributed by atoms with E-state index in [0.717, 1.165) is 5.69 Å². The molecule has 4 nitrogen and oxygen atoms in total. The summed E-state index contributed by atoms with van der Waals surface area (Å²) in [6.07, 6.45) is 2.50. The van der Waals surface area contributed by atoms with Gasteiger partial charge in [-0.05, 0) is 25.0 Å². The molecule has 0 aromatic carbocycles. The van der Waals surface area contributed by atoms with E-state index in [0.29, 0.717) is 18.6 Å². The van der Waals surface area contributed by atoms with Gasteiger partial charge < -0.3 is 15.6 Å². The molecule has 76 valence electrons.